The Hall–Kier alpha value is -0.870. The highest BCUT2D eigenvalue weighted by Crippen LogP contribution is 2.47. The number of ether oxygens (including phenoxy) is 1. The third-order valence-electron chi connectivity index (χ3n) is 3.11. The summed E-state index contributed by atoms with van der Waals surface area (Å²) in [5, 5.41) is 3.32. The summed E-state index contributed by atoms with van der Waals surface area (Å²) in [6.45, 7) is 6.14. The highest BCUT2D eigenvalue weighted by atomic mass is 31.2. The van der Waals surface area contributed by atoms with Crippen LogP contribution in [0.5, 0.6) is 5.75 Å². The van der Waals surface area contributed by atoms with Crippen LogP contribution >= 0.6 is 7.60 Å². The number of hydrogen-bond donors (Lipinski definition) is 1. The molecule has 1 heterocycles. The lowest BCUT2D eigenvalue weighted by Gasteiger charge is -2.20. The zero-order chi connectivity index (χ0) is 14.4. The van der Waals surface area contributed by atoms with Crippen LogP contribution in [-0.4, -0.2) is 26.1 Å². The van der Waals surface area contributed by atoms with E-state index in [2.05, 4.69) is 5.32 Å². The van der Waals surface area contributed by atoms with Gasteiger partial charge in [0.25, 0.3) is 0 Å². The lowest BCUT2D eigenvalue weighted by molar-refractivity contribution is 0.197. The van der Waals surface area contributed by atoms with E-state index in [1.807, 2.05) is 18.2 Å². The molecule has 0 fully saturated rings. The molecule has 0 saturated heterocycles. The van der Waals surface area contributed by atoms with Gasteiger partial charge in [-0.05, 0) is 50.1 Å². The predicted molar refractivity (Wildman–Crippen MR) is 78.2 cm³/mol. The second-order valence-electron chi connectivity index (χ2n) is 4.58. The highest BCUT2D eigenvalue weighted by molar-refractivity contribution is 7.53. The minimum Gasteiger partial charge on any atom is -0.481 e. The van der Waals surface area contributed by atoms with Gasteiger partial charge in [0.2, 0.25) is 0 Å². The second kappa shape index (κ2) is 7.23. The van der Waals surface area contributed by atoms with E-state index in [1.54, 1.807) is 13.8 Å². The van der Waals surface area contributed by atoms with E-state index < -0.39 is 7.60 Å². The van der Waals surface area contributed by atoms with Crippen molar-refractivity contribution in [3.63, 3.8) is 0 Å². The summed E-state index contributed by atoms with van der Waals surface area (Å²) < 4.78 is 28.3. The van der Waals surface area contributed by atoms with Gasteiger partial charge in [0.1, 0.15) is 5.75 Å². The third-order valence-corrected chi connectivity index (χ3v) is 4.85. The molecule has 1 aromatic rings. The predicted octanol–water partition coefficient (Wildman–Crippen LogP) is 2.93. The summed E-state index contributed by atoms with van der Waals surface area (Å²) in [6, 6.07) is 5.95. The van der Waals surface area contributed by atoms with Gasteiger partial charge in [0.05, 0.1) is 13.2 Å². The van der Waals surface area contributed by atoms with Crippen LogP contribution in [0, 0.1) is 0 Å². The third kappa shape index (κ3) is 4.06. The van der Waals surface area contributed by atoms with Crippen molar-refractivity contribution in [1.82, 2.24) is 5.32 Å². The van der Waals surface area contributed by atoms with E-state index in [0.29, 0.717) is 19.0 Å². The molecule has 0 radical (unpaired) electrons. The smallest absolute Gasteiger partial charge is 0.367 e. The first-order chi connectivity index (χ1) is 9.67. The summed E-state index contributed by atoms with van der Waals surface area (Å²) in [4.78, 5) is 0. The van der Waals surface area contributed by atoms with Crippen molar-refractivity contribution in [2.24, 2.45) is 0 Å². The van der Waals surface area contributed by atoms with E-state index in [1.165, 1.54) is 11.1 Å². The van der Waals surface area contributed by atoms with Gasteiger partial charge < -0.3 is 19.1 Å². The molecule has 0 spiro atoms. The lowest BCUT2D eigenvalue weighted by Crippen LogP contribution is -2.23. The Morgan fingerprint density at radius 1 is 1.20 bits per heavy atom. The van der Waals surface area contributed by atoms with Gasteiger partial charge in [-0.15, -0.1) is 0 Å². The maximum Gasteiger partial charge on any atom is 0.367 e. The molecule has 0 aliphatic carbocycles. The van der Waals surface area contributed by atoms with Crippen molar-refractivity contribution >= 4 is 7.60 Å². The molecule has 0 atom stereocenters. The maximum absolute atomic E-state index is 12.3. The van der Waals surface area contributed by atoms with Crippen LogP contribution in [0.1, 0.15) is 25.0 Å². The van der Waals surface area contributed by atoms with Crippen LogP contribution in [0.25, 0.3) is 0 Å². The summed E-state index contributed by atoms with van der Waals surface area (Å²) in [7, 11) is -3.15. The van der Waals surface area contributed by atoms with Crippen LogP contribution < -0.4 is 10.1 Å². The first-order valence-corrected chi connectivity index (χ1v) is 8.73. The van der Waals surface area contributed by atoms with E-state index in [0.717, 1.165) is 19.5 Å². The Morgan fingerprint density at radius 2 is 1.95 bits per heavy atom. The standard InChI is InChI=1S/C14H22NO4P/c1-3-18-20(16,19-4-2)11-17-14-6-5-13-10-15-8-7-12(13)9-14/h5-6,9,15H,3-4,7-8,10-11H2,1-2H3. The second-order valence-corrected chi connectivity index (χ2v) is 6.57. The summed E-state index contributed by atoms with van der Waals surface area (Å²) in [6.07, 6.45) is 0.937. The number of nitrogens with one attached hydrogen (secondary N) is 1. The molecule has 20 heavy (non-hydrogen) atoms. The molecule has 2 rings (SSSR count). The number of benzene rings is 1. The van der Waals surface area contributed by atoms with E-state index in [9.17, 15) is 4.57 Å². The Morgan fingerprint density at radius 3 is 2.65 bits per heavy atom. The molecule has 1 N–H and O–H groups in total. The normalized spacial score (nSPS) is 14.9. The minimum atomic E-state index is -3.15. The van der Waals surface area contributed by atoms with Crippen molar-refractivity contribution in [3.05, 3.63) is 29.3 Å². The molecule has 0 bridgehead atoms. The number of hydrogen-bond acceptors (Lipinski definition) is 5. The molecule has 1 aliphatic rings. The maximum atomic E-state index is 12.3. The van der Waals surface area contributed by atoms with Gasteiger partial charge in [0.15, 0.2) is 6.35 Å². The fourth-order valence-electron chi connectivity index (χ4n) is 2.20. The van der Waals surface area contributed by atoms with Gasteiger partial charge in [-0.2, -0.15) is 0 Å². The zero-order valence-electron chi connectivity index (χ0n) is 12.1. The van der Waals surface area contributed by atoms with Crippen LogP contribution in [0.15, 0.2) is 18.2 Å². The number of fused-ring (bicyclic) bond motifs is 1. The monoisotopic (exact) mass is 299 g/mol. The van der Waals surface area contributed by atoms with Crippen LogP contribution in [-0.2, 0) is 26.6 Å². The average molecular weight is 299 g/mol. The van der Waals surface area contributed by atoms with Gasteiger partial charge in [-0.3, -0.25) is 4.57 Å². The molecule has 112 valence electrons. The van der Waals surface area contributed by atoms with E-state index >= 15 is 0 Å². The zero-order valence-corrected chi connectivity index (χ0v) is 12.9. The fraction of sp³-hybridized carbons (Fsp3) is 0.571. The molecule has 1 aromatic carbocycles. The van der Waals surface area contributed by atoms with Crippen molar-refractivity contribution in [2.75, 3.05) is 26.1 Å². The first-order valence-electron chi connectivity index (χ1n) is 7.00. The topological polar surface area (TPSA) is 56.8 Å². The van der Waals surface area contributed by atoms with Crippen molar-refractivity contribution < 1.29 is 18.3 Å². The average Bonchev–Trinajstić information content (AvgIpc) is 2.46. The largest absolute Gasteiger partial charge is 0.481 e. The molecule has 0 aromatic heterocycles. The molecule has 0 amide bonds. The van der Waals surface area contributed by atoms with Crippen LogP contribution in [0.3, 0.4) is 0 Å². The summed E-state index contributed by atoms with van der Waals surface area (Å²) >= 11 is 0. The molecule has 1 aliphatic heterocycles. The molecule has 5 nitrogen and oxygen atoms in total. The lowest BCUT2D eigenvalue weighted by atomic mass is 10.0. The van der Waals surface area contributed by atoms with Gasteiger partial charge in [-0.1, -0.05) is 6.07 Å². The Kier molecular flexibility index (Phi) is 5.61. The molecule has 0 unspecified atom stereocenters. The van der Waals surface area contributed by atoms with Crippen LogP contribution in [0.4, 0.5) is 0 Å². The minimum absolute atomic E-state index is 0.0499. The Bertz CT molecular complexity index is 482. The number of rotatable bonds is 7. The van der Waals surface area contributed by atoms with E-state index in [-0.39, 0.29) is 6.35 Å². The van der Waals surface area contributed by atoms with Crippen molar-refractivity contribution in [1.29, 1.82) is 0 Å². The Balaban J connectivity index is 2.00. The molecular formula is C14H22NO4P. The molecular weight excluding hydrogens is 277 g/mol. The van der Waals surface area contributed by atoms with E-state index in [4.69, 9.17) is 13.8 Å². The van der Waals surface area contributed by atoms with Crippen molar-refractivity contribution in [3.8, 4) is 5.75 Å². The molecule has 6 heteroatoms. The molecule has 0 saturated carbocycles. The van der Waals surface area contributed by atoms with Gasteiger partial charge in [-0.25, -0.2) is 0 Å². The van der Waals surface area contributed by atoms with Gasteiger partial charge >= 0.3 is 7.60 Å². The van der Waals surface area contributed by atoms with Gasteiger partial charge in [0, 0.05) is 6.54 Å². The Labute approximate surface area is 120 Å². The fourth-order valence-corrected chi connectivity index (χ4v) is 3.52. The van der Waals surface area contributed by atoms with Crippen molar-refractivity contribution in [2.45, 2.75) is 26.8 Å². The highest BCUT2D eigenvalue weighted by Gasteiger charge is 2.24. The quantitative estimate of drug-likeness (QED) is 0.785. The summed E-state index contributed by atoms with van der Waals surface area (Å²) in [5.41, 5.74) is 2.57. The first kappa shape index (κ1) is 15.5. The van der Waals surface area contributed by atoms with Crippen LogP contribution in [0.2, 0.25) is 0 Å². The SMILES string of the molecule is CCOP(=O)(COc1ccc2c(c1)CCNC2)OCC. The summed E-state index contributed by atoms with van der Waals surface area (Å²) in [5.74, 6) is 0.713.